The number of para-hydroxylation sites is 2. The third kappa shape index (κ3) is 6.04. The number of nitrogens with one attached hydrogen (secondary N) is 2. The molecule has 0 aliphatic carbocycles. The van der Waals surface area contributed by atoms with Crippen LogP contribution in [-0.4, -0.2) is 52.5 Å². The van der Waals surface area contributed by atoms with E-state index in [0.29, 0.717) is 40.2 Å². The number of methoxy groups -OCH3 is 1. The number of halogens is 1. The first-order valence-corrected chi connectivity index (χ1v) is 13.6. The van der Waals surface area contributed by atoms with E-state index in [9.17, 15) is 18.8 Å². The van der Waals surface area contributed by atoms with Crippen LogP contribution in [0.5, 0.6) is 5.75 Å². The fourth-order valence-corrected chi connectivity index (χ4v) is 5.15. The maximum Gasteiger partial charge on any atom is 0.259 e. The third-order valence-electron chi connectivity index (χ3n) is 6.32. The lowest BCUT2D eigenvalue weighted by molar-refractivity contribution is -0.125. The summed E-state index contributed by atoms with van der Waals surface area (Å²) in [4.78, 5) is 49.3. The van der Waals surface area contributed by atoms with E-state index in [0.717, 1.165) is 17.3 Å². The molecule has 0 unspecified atom stereocenters. The molecule has 0 saturated heterocycles. The molecule has 0 spiro atoms. The number of carbonyl (C=O) groups is 3. The fourth-order valence-electron chi connectivity index (χ4n) is 4.35. The summed E-state index contributed by atoms with van der Waals surface area (Å²) in [7, 11) is 1.58. The van der Waals surface area contributed by atoms with Crippen LogP contribution in [0.4, 0.5) is 15.8 Å². The zero-order chi connectivity index (χ0) is 28.1. The Morgan fingerprint density at radius 3 is 2.58 bits per heavy atom. The highest BCUT2D eigenvalue weighted by molar-refractivity contribution is 8.14. The summed E-state index contributed by atoms with van der Waals surface area (Å²) in [6, 6.07) is 19.5. The number of amidine groups is 2. The van der Waals surface area contributed by atoms with Crippen molar-refractivity contribution in [2.24, 2.45) is 9.98 Å². The van der Waals surface area contributed by atoms with Crippen molar-refractivity contribution in [2.75, 3.05) is 18.2 Å². The van der Waals surface area contributed by atoms with Crippen LogP contribution in [0.1, 0.15) is 24.0 Å². The van der Waals surface area contributed by atoms with E-state index in [2.05, 4.69) is 20.6 Å². The van der Waals surface area contributed by atoms with E-state index in [1.807, 2.05) is 48.5 Å². The van der Waals surface area contributed by atoms with Crippen molar-refractivity contribution in [3.8, 4) is 5.75 Å². The fraction of sp³-hybridized carbons (Fsp3) is 0.207. The first-order valence-electron chi connectivity index (χ1n) is 12.6. The van der Waals surface area contributed by atoms with Crippen molar-refractivity contribution in [3.05, 3.63) is 89.7 Å². The molecule has 2 N–H and O–H groups in total. The molecule has 2 aliphatic heterocycles. The molecule has 0 saturated carbocycles. The standard InChI is InChI=1S/C29H26FN5O4S/c1-39-24-9-5-2-6-18(24)16-31-25(36)15-14-23-28(38)35-27(33-23)21-7-3-4-8-22(21)34-29(35)40-17-26(37)32-20-12-10-19(30)11-13-20/h2-13,23H,14-17H2,1H3,(H,31,36)(H,32,37)/t23-/m1/s1. The van der Waals surface area contributed by atoms with Gasteiger partial charge in [0.05, 0.1) is 18.6 Å². The normalized spacial score (nSPS) is 15.5. The average molecular weight is 560 g/mol. The van der Waals surface area contributed by atoms with Gasteiger partial charge in [-0.15, -0.1) is 0 Å². The van der Waals surface area contributed by atoms with Crippen molar-refractivity contribution in [1.82, 2.24) is 10.2 Å². The minimum Gasteiger partial charge on any atom is -0.496 e. The van der Waals surface area contributed by atoms with Gasteiger partial charge in [0.15, 0.2) is 5.17 Å². The number of thioether (sulfide) groups is 1. The van der Waals surface area contributed by atoms with Crippen LogP contribution >= 0.6 is 11.8 Å². The van der Waals surface area contributed by atoms with Crippen LogP contribution in [0.2, 0.25) is 0 Å². The molecule has 2 heterocycles. The number of anilines is 1. The predicted molar refractivity (Wildman–Crippen MR) is 152 cm³/mol. The van der Waals surface area contributed by atoms with Gasteiger partial charge in [-0.05, 0) is 48.9 Å². The largest absolute Gasteiger partial charge is 0.496 e. The Hall–Kier alpha value is -4.51. The molecule has 40 heavy (non-hydrogen) atoms. The molecule has 0 bridgehead atoms. The quantitative estimate of drug-likeness (QED) is 0.407. The lowest BCUT2D eigenvalue weighted by Gasteiger charge is -2.25. The Balaban J connectivity index is 1.23. The summed E-state index contributed by atoms with van der Waals surface area (Å²) in [6.07, 6.45) is 0.333. The number of nitrogens with zero attached hydrogens (tertiary/aromatic N) is 3. The number of carbonyl (C=O) groups excluding carboxylic acids is 3. The number of hydrogen-bond acceptors (Lipinski definition) is 7. The number of aliphatic imine (C=N–C) groups is 2. The van der Waals surface area contributed by atoms with E-state index in [1.54, 1.807) is 7.11 Å². The number of benzene rings is 3. The highest BCUT2D eigenvalue weighted by Crippen LogP contribution is 2.34. The first kappa shape index (κ1) is 27.1. The maximum absolute atomic E-state index is 13.4. The van der Waals surface area contributed by atoms with Gasteiger partial charge in [-0.2, -0.15) is 0 Å². The zero-order valence-corrected chi connectivity index (χ0v) is 22.4. The Morgan fingerprint density at radius 1 is 1.02 bits per heavy atom. The van der Waals surface area contributed by atoms with Gasteiger partial charge in [-0.3, -0.25) is 19.4 Å². The second kappa shape index (κ2) is 12.1. The monoisotopic (exact) mass is 559 g/mol. The van der Waals surface area contributed by atoms with Gasteiger partial charge < -0.3 is 15.4 Å². The molecule has 11 heteroatoms. The molecular formula is C29H26FN5O4S. The van der Waals surface area contributed by atoms with Crippen LogP contribution in [-0.2, 0) is 20.9 Å². The molecule has 0 radical (unpaired) electrons. The maximum atomic E-state index is 13.4. The number of fused-ring (bicyclic) bond motifs is 3. The lowest BCUT2D eigenvalue weighted by Crippen LogP contribution is -2.41. The Morgan fingerprint density at radius 2 is 1.77 bits per heavy atom. The topological polar surface area (TPSA) is 112 Å². The van der Waals surface area contributed by atoms with Crippen molar-refractivity contribution >= 4 is 51.9 Å². The molecule has 3 aromatic rings. The summed E-state index contributed by atoms with van der Waals surface area (Å²) in [5.74, 6) is -0.108. The summed E-state index contributed by atoms with van der Waals surface area (Å²) >= 11 is 1.10. The van der Waals surface area contributed by atoms with Gasteiger partial charge in [0.2, 0.25) is 11.8 Å². The minimum absolute atomic E-state index is 0.0224. The Labute approximate surface area is 234 Å². The molecule has 0 fully saturated rings. The van der Waals surface area contributed by atoms with Gasteiger partial charge in [0.25, 0.3) is 5.91 Å². The summed E-state index contributed by atoms with van der Waals surface area (Å²) < 4.78 is 18.5. The SMILES string of the molecule is COc1ccccc1CNC(=O)CC[C@H]1N=C2c3ccccc3N=C(SCC(=O)Nc3ccc(F)cc3)N2C1=O. The van der Waals surface area contributed by atoms with E-state index in [4.69, 9.17) is 4.74 Å². The van der Waals surface area contributed by atoms with Gasteiger partial charge in [-0.25, -0.2) is 14.3 Å². The van der Waals surface area contributed by atoms with Crippen molar-refractivity contribution in [3.63, 3.8) is 0 Å². The van der Waals surface area contributed by atoms with Crippen LogP contribution in [0, 0.1) is 5.82 Å². The number of rotatable bonds is 9. The van der Waals surface area contributed by atoms with Gasteiger partial charge in [-0.1, -0.05) is 42.1 Å². The van der Waals surface area contributed by atoms with Gasteiger partial charge >= 0.3 is 0 Å². The van der Waals surface area contributed by atoms with E-state index in [1.165, 1.54) is 29.2 Å². The summed E-state index contributed by atoms with van der Waals surface area (Å²) in [5, 5.41) is 5.91. The smallest absolute Gasteiger partial charge is 0.259 e. The van der Waals surface area contributed by atoms with Crippen molar-refractivity contribution in [2.45, 2.75) is 25.4 Å². The minimum atomic E-state index is -0.753. The van der Waals surface area contributed by atoms with E-state index in [-0.39, 0.29) is 36.3 Å². The number of ether oxygens (including phenoxy) is 1. The highest BCUT2D eigenvalue weighted by Gasteiger charge is 2.41. The average Bonchev–Trinajstić information content (AvgIpc) is 3.31. The predicted octanol–water partition coefficient (Wildman–Crippen LogP) is 4.26. The van der Waals surface area contributed by atoms with Gasteiger partial charge in [0.1, 0.15) is 23.4 Å². The van der Waals surface area contributed by atoms with Crippen LogP contribution in [0.15, 0.2) is 82.8 Å². The molecular weight excluding hydrogens is 533 g/mol. The molecule has 2 aliphatic rings. The third-order valence-corrected chi connectivity index (χ3v) is 7.26. The molecule has 5 rings (SSSR count). The second-order valence-electron chi connectivity index (χ2n) is 9.02. The number of hydrogen-bond donors (Lipinski definition) is 2. The second-order valence-corrected chi connectivity index (χ2v) is 9.97. The van der Waals surface area contributed by atoms with Crippen LogP contribution in [0.25, 0.3) is 0 Å². The number of amides is 3. The Bertz CT molecular complexity index is 1510. The first-order chi connectivity index (χ1) is 19.4. The van der Waals surface area contributed by atoms with Crippen LogP contribution < -0.4 is 15.4 Å². The lowest BCUT2D eigenvalue weighted by atomic mass is 10.1. The molecule has 0 aromatic heterocycles. The molecule has 3 aromatic carbocycles. The molecule has 204 valence electrons. The van der Waals surface area contributed by atoms with Gasteiger partial charge in [0, 0.05) is 29.8 Å². The van der Waals surface area contributed by atoms with Crippen molar-refractivity contribution < 1.29 is 23.5 Å². The van der Waals surface area contributed by atoms with Crippen LogP contribution in [0.3, 0.4) is 0 Å². The highest BCUT2D eigenvalue weighted by atomic mass is 32.2. The van der Waals surface area contributed by atoms with E-state index >= 15 is 0 Å². The van der Waals surface area contributed by atoms with E-state index < -0.39 is 11.9 Å². The molecule has 9 nitrogen and oxygen atoms in total. The van der Waals surface area contributed by atoms with Crippen molar-refractivity contribution in [1.29, 1.82) is 0 Å². The molecule has 3 amide bonds. The zero-order valence-electron chi connectivity index (χ0n) is 21.6. The summed E-state index contributed by atoms with van der Waals surface area (Å²) in [6.45, 7) is 0.308. The summed E-state index contributed by atoms with van der Waals surface area (Å²) in [5.41, 5.74) is 2.66. The molecule has 1 atom stereocenters. The Kier molecular flexibility index (Phi) is 8.20.